The first kappa shape index (κ1) is 23.6. The van der Waals surface area contributed by atoms with Gasteiger partial charge in [0.1, 0.15) is 12.2 Å². The molecule has 7 nitrogen and oxygen atoms in total. The summed E-state index contributed by atoms with van der Waals surface area (Å²) in [7, 11) is 0. The van der Waals surface area contributed by atoms with Crippen molar-refractivity contribution in [3.8, 4) is 0 Å². The maximum Gasteiger partial charge on any atom is 0.234 e. The smallest absolute Gasteiger partial charge is 0.234 e. The molecule has 0 spiro atoms. The number of aromatic nitrogens is 1. The van der Waals surface area contributed by atoms with Gasteiger partial charge in [-0.25, -0.2) is 0 Å². The van der Waals surface area contributed by atoms with Gasteiger partial charge in [-0.2, -0.15) is 0 Å². The Labute approximate surface area is 213 Å². The first-order chi connectivity index (χ1) is 17.7. The molecule has 3 aliphatic rings. The molecule has 1 aromatic heterocycles. The van der Waals surface area contributed by atoms with Crippen LogP contribution in [0.5, 0.6) is 0 Å². The van der Waals surface area contributed by atoms with Gasteiger partial charge in [-0.1, -0.05) is 54.6 Å². The van der Waals surface area contributed by atoms with Gasteiger partial charge in [0, 0.05) is 31.1 Å². The van der Waals surface area contributed by atoms with Crippen LogP contribution in [0.3, 0.4) is 0 Å². The lowest BCUT2D eigenvalue weighted by atomic mass is 9.89. The normalized spacial score (nSPS) is 28.2. The highest BCUT2D eigenvalue weighted by atomic mass is 16.2. The molecule has 2 aromatic carbocycles. The van der Waals surface area contributed by atoms with E-state index in [1.54, 1.807) is 0 Å². The third-order valence-electron chi connectivity index (χ3n) is 8.05. The molecule has 0 saturated carbocycles. The number of carbonyl (C=O) groups is 1. The minimum absolute atomic E-state index is 0.0352. The van der Waals surface area contributed by atoms with E-state index in [0.29, 0.717) is 12.0 Å². The topological polar surface area (TPSA) is 81.3 Å². The molecule has 188 valence electrons. The molecule has 1 amide bonds. The molecule has 0 aliphatic carbocycles. The summed E-state index contributed by atoms with van der Waals surface area (Å²) in [6, 6.07) is 23.3. The molecule has 4 heterocycles. The van der Waals surface area contributed by atoms with Crippen LogP contribution in [-0.2, 0) is 4.79 Å². The van der Waals surface area contributed by atoms with Gasteiger partial charge in [0.05, 0.1) is 17.4 Å². The number of hydrogen-bond donors (Lipinski definition) is 4. The quantitative estimate of drug-likeness (QED) is 0.446. The van der Waals surface area contributed by atoms with E-state index in [2.05, 4.69) is 68.6 Å². The van der Waals surface area contributed by atoms with Crippen molar-refractivity contribution in [1.82, 2.24) is 31.2 Å². The first-order valence-electron chi connectivity index (χ1n) is 13.4. The second-order valence-electron chi connectivity index (χ2n) is 10.4. The monoisotopic (exact) mass is 484 g/mol. The Morgan fingerprint density at radius 2 is 1.72 bits per heavy atom. The van der Waals surface area contributed by atoms with Gasteiger partial charge < -0.3 is 10.6 Å². The summed E-state index contributed by atoms with van der Waals surface area (Å²) in [4.78, 5) is 20.9. The lowest BCUT2D eigenvalue weighted by Gasteiger charge is -2.45. The van der Waals surface area contributed by atoms with Gasteiger partial charge in [0.25, 0.3) is 0 Å². The highest BCUT2D eigenvalue weighted by Crippen LogP contribution is 2.30. The summed E-state index contributed by atoms with van der Waals surface area (Å²) < 4.78 is 0. The maximum absolute atomic E-state index is 13.6. The molecule has 3 aliphatic heterocycles. The number of likely N-dealkylation sites (tertiary alicyclic amines) is 1. The molecule has 3 aromatic rings. The Balaban J connectivity index is 1.20. The minimum Gasteiger partial charge on any atom is -0.327 e. The fourth-order valence-electron chi connectivity index (χ4n) is 6.05. The minimum atomic E-state index is -0.394. The summed E-state index contributed by atoms with van der Waals surface area (Å²) in [5.74, 6) is 0.223. The number of hydrogen-bond acceptors (Lipinski definition) is 6. The third kappa shape index (κ3) is 5.02. The Morgan fingerprint density at radius 3 is 2.53 bits per heavy atom. The summed E-state index contributed by atoms with van der Waals surface area (Å²) in [6.45, 7) is 3.89. The van der Waals surface area contributed by atoms with Crippen LogP contribution in [0.1, 0.15) is 48.8 Å². The largest absolute Gasteiger partial charge is 0.327 e. The van der Waals surface area contributed by atoms with Crippen LogP contribution in [0.25, 0.3) is 10.9 Å². The Hall–Kier alpha value is -2.84. The number of carbonyl (C=O) groups excluding carboxylic acids is 1. The molecule has 4 N–H and O–H groups in total. The van der Waals surface area contributed by atoms with E-state index in [-0.39, 0.29) is 18.4 Å². The van der Waals surface area contributed by atoms with Crippen molar-refractivity contribution in [2.75, 3.05) is 26.2 Å². The fourth-order valence-corrected chi connectivity index (χ4v) is 6.05. The lowest BCUT2D eigenvalue weighted by Crippen LogP contribution is -2.71. The molecule has 3 unspecified atom stereocenters. The summed E-state index contributed by atoms with van der Waals surface area (Å²) >= 11 is 0. The number of nitrogens with one attached hydrogen (secondary N) is 4. The van der Waals surface area contributed by atoms with E-state index in [1.807, 2.05) is 24.3 Å². The SMILES string of the molecule is O=C1NC(N2CCC(c3ccccc3)CC2)NC(N[C@@H]2CCCNC2)C1c1ccc2ccccc2n1. The second-order valence-corrected chi connectivity index (χ2v) is 10.4. The first-order valence-corrected chi connectivity index (χ1v) is 13.4. The van der Waals surface area contributed by atoms with E-state index in [1.165, 1.54) is 5.56 Å². The third-order valence-corrected chi connectivity index (χ3v) is 8.05. The molecule has 0 bridgehead atoms. The lowest BCUT2D eigenvalue weighted by molar-refractivity contribution is -0.130. The van der Waals surface area contributed by atoms with Crippen LogP contribution < -0.4 is 21.3 Å². The average molecular weight is 485 g/mol. The van der Waals surface area contributed by atoms with Crippen LogP contribution in [0, 0.1) is 0 Å². The van der Waals surface area contributed by atoms with Crippen molar-refractivity contribution in [1.29, 1.82) is 0 Å². The standard InChI is InChI=1S/C29H36N6O/c36-28-26(25-13-12-22-9-4-5-11-24(22)32-25)27(31-23-10-6-16-30-19-23)33-29(34-28)35-17-14-21(15-18-35)20-7-2-1-3-8-20/h1-5,7-9,11-13,21,23,26-27,29-31,33H,6,10,14-19H2,(H,34,36)/t23-,26?,27?,29?/m1/s1. The predicted octanol–water partition coefficient (Wildman–Crippen LogP) is 2.87. The van der Waals surface area contributed by atoms with Gasteiger partial charge in [0.2, 0.25) is 5.91 Å². The Morgan fingerprint density at radius 1 is 0.917 bits per heavy atom. The summed E-state index contributed by atoms with van der Waals surface area (Å²) in [5.41, 5.74) is 3.15. The molecule has 4 atom stereocenters. The highest BCUT2D eigenvalue weighted by Gasteiger charge is 2.41. The number of piperidine rings is 2. The number of pyridine rings is 1. The van der Waals surface area contributed by atoms with Gasteiger partial charge >= 0.3 is 0 Å². The number of fused-ring (bicyclic) bond motifs is 1. The van der Waals surface area contributed by atoms with E-state index >= 15 is 0 Å². The van der Waals surface area contributed by atoms with E-state index in [0.717, 1.165) is 68.5 Å². The van der Waals surface area contributed by atoms with Crippen molar-refractivity contribution in [2.24, 2.45) is 0 Å². The predicted molar refractivity (Wildman–Crippen MR) is 142 cm³/mol. The van der Waals surface area contributed by atoms with Crippen LogP contribution in [0.4, 0.5) is 0 Å². The van der Waals surface area contributed by atoms with Crippen molar-refractivity contribution >= 4 is 16.8 Å². The number of para-hydroxylation sites is 1. The van der Waals surface area contributed by atoms with E-state index in [4.69, 9.17) is 4.98 Å². The zero-order valence-corrected chi connectivity index (χ0v) is 20.7. The number of benzene rings is 2. The zero-order chi connectivity index (χ0) is 24.3. The van der Waals surface area contributed by atoms with Crippen LogP contribution in [-0.4, -0.2) is 60.5 Å². The average Bonchev–Trinajstić information content (AvgIpc) is 2.94. The molecule has 7 heteroatoms. The zero-order valence-electron chi connectivity index (χ0n) is 20.7. The summed E-state index contributed by atoms with van der Waals surface area (Å²) in [6.07, 6.45) is 4.08. The van der Waals surface area contributed by atoms with Gasteiger partial charge in [-0.05, 0) is 55.8 Å². The van der Waals surface area contributed by atoms with Crippen LogP contribution in [0.15, 0.2) is 66.7 Å². The number of amides is 1. The molecular weight excluding hydrogens is 448 g/mol. The van der Waals surface area contributed by atoms with E-state index < -0.39 is 5.92 Å². The van der Waals surface area contributed by atoms with Crippen molar-refractivity contribution in [3.63, 3.8) is 0 Å². The molecule has 3 fully saturated rings. The molecular formula is C29H36N6O. The Bertz CT molecular complexity index is 1170. The van der Waals surface area contributed by atoms with E-state index in [9.17, 15) is 4.79 Å². The number of rotatable bonds is 5. The molecule has 36 heavy (non-hydrogen) atoms. The van der Waals surface area contributed by atoms with Gasteiger partial charge in [0.15, 0.2) is 0 Å². The highest BCUT2D eigenvalue weighted by molar-refractivity contribution is 5.86. The summed E-state index contributed by atoms with van der Waals surface area (Å²) in [5, 5.41) is 15.4. The van der Waals surface area contributed by atoms with Crippen molar-refractivity contribution < 1.29 is 4.79 Å². The van der Waals surface area contributed by atoms with Crippen molar-refractivity contribution in [2.45, 2.75) is 56.0 Å². The second kappa shape index (κ2) is 10.6. The van der Waals surface area contributed by atoms with Gasteiger partial charge in [-0.3, -0.25) is 25.3 Å². The van der Waals surface area contributed by atoms with Crippen LogP contribution >= 0.6 is 0 Å². The van der Waals surface area contributed by atoms with Crippen molar-refractivity contribution in [3.05, 3.63) is 78.0 Å². The molecule has 3 saturated heterocycles. The Kier molecular flexibility index (Phi) is 6.96. The fraction of sp³-hybridized carbons (Fsp3) is 0.448. The molecule has 6 rings (SSSR count). The van der Waals surface area contributed by atoms with Crippen LogP contribution in [0.2, 0.25) is 0 Å². The van der Waals surface area contributed by atoms with Gasteiger partial charge in [-0.15, -0.1) is 0 Å². The number of nitrogens with zero attached hydrogens (tertiary/aromatic N) is 2. The maximum atomic E-state index is 13.6. The molecule has 0 radical (unpaired) electrons.